The van der Waals surface area contributed by atoms with Gasteiger partial charge in [-0.2, -0.15) is 0 Å². The Labute approximate surface area is 116 Å². The van der Waals surface area contributed by atoms with Crippen LogP contribution in [0.4, 0.5) is 0 Å². The predicted octanol–water partition coefficient (Wildman–Crippen LogP) is 0.681. The highest BCUT2D eigenvalue weighted by Gasteiger charge is 2.07. The molecule has 3 aromatic carbocycles. The van der Waals surface area contributed by atoms with E-state index >= 15 is 0 Å². The molecule has 0 aliphatic heterocycles. The minimum atomic E-state index is 0.00536. The van der Waals surface area contributed by atoms with E-state index in [1.165, 1.54) is 10.8 Å². The van der Waals surface area contributed by atoms with Gasteiger partial charge in [0.25, 0.3) is 5.96 Å². The molecule has 0 spiro atoms. The molecule has 3 rings (SSSR count). The Hall–Kier alpha value is -2.88. The normalized spacial score (nSPS) is 11.2. The van der Waals surface area contributed by atoms with Crippen LogP contribution in [-0.2, 0) is 0 Å². The lowest BCUT2D eigenvalue weighted by molar-refractivity contribution is -0.456. The number of rotatable bonds is 2. The average molecular weight is 263 g/mol. The highest BCUT2D eigenvalue weighted by molar-refractivity contribution is 6.12. The Balaban J connectivity index is 2.33. The molecule has 0 fully saturated rings. The molecule has 0 atom stereocenters. The molecule has 0 saturated heterocycles. The third-order valence-electron chi connectivity index (χ3n) is 3.22. The second-order valence-corrected chi connectivity index (χ2v) is 4.54. The fourth-order valence-electron chi connectivity index (χ4n) is 2.38. The van der Waals surface area contributed by atoms with Crippen LogP contribution in [0.3, 0.4) is 0 Å². The molecule has 20 heavy (non-hydrogen) atoms. The van der Waals surface area contributed by atoms with Gasteiger partial charge in [-0.3, -0.25) is 0 Å². The van der Waals surface area contributed by atoms with Crippen molar-refractivity contribution in [2.45, 2.75) is 0 Å². The topological polar surface area (TPSA) is 78.4 Å². The van der Waals surface area contributed by atoms with E-state index in [4.69, 9.17) is 11.5 Å². The molecule has 0 heterocycles. The van der Waals surface area contributed by atoms with Crippen LogP contribution in [0.15, 0.2) is 59.7 Å². The lowest BCUT2D eigenvalue weighted by atomic mass is 9.97. The van der Waals surface area contributed by atoms with Gasteiger partial charge in [0, 0.05) is 5.10 Å². The van der Waals surface area contributed by atoms with Gasteiger partial charge in [-0.15, -0.1) is 5.10 Å². The smallest absolute Gasteiger partial charge is 0.256 e. The minimum Gasteiger partial charge on any atom is -0.365 e. The third-order valence-corrected chi connectivity index (χ3v) is 3.22. The van der Waals surface area contributed by atoms with Crippen LogP contribution in [0.5, 0.6) is 0 Å². The molecule has 0 amide bonds. The lowest BCUT2D eigenvalue weighted by Gasteiger charge is -2.05. The van der Waals surface area contributed by atoms with Crippen molar-refractivity contribution >= 4 is 33.7 Å². The first-order chi connectivity index (χ1) is 9.75. The summed E-state index contributed by atoms with van der Waals surface area (Å²) in [6.45, 7) is 0. The van der Waals surface area contributed by atoms with Gasteiger partial charge >= 0.3 is 0 Å². The minimum absolute atomic E-state index is 0.00536. The summed E-state index contributed by atoms with van der Waals surface area (Å²) >= 11 is 0. The summed E-state index contributed by atoms with van der Waals surface area (Å²) in [5, 5.41) is 11.3. The van der Waals surface area contributed by atoms with Crippen LogP contribution >= 0.6 is 0 Å². The van der Waals surface area contributed by atoms with E-state index in [-0.39, 0.29) is 5.96 Å². The van der Waals surface area contributed by atoms with E-state index in [1.807, 2.05) is 30.5 Å². The average Bonchev–Trinajstić information content (AvgIpc) is 2.46. The molecule has 4 heteroatoms. The summed E-state index contributed by atoms with van der Waals surface area (Å²) in [5.41, 5.74) is 11.7. The maximum absolute atomic E-state index is 5.33. The van der Waals surface area contributed by atoms with Gasteiger partial charge in [0.05, 0.1) is 5.56 Å². The first kappa shape index (κ1) is 12.2. The van der Waals surface area contributed by atoms with Crippen molar-refractivity contribution in [3.05, 3.63) is 60.2 Å². The summed E-state index contributed by atoms with van der Waals surface area (Å²) in [7, 11) is 0. The van der Waals surface area contributed by atoms with E-state index in [9.17, 15) is 0 Å². The maximum atomic E-state index is 5.33. The Morgan fingerprint density at radius 2 is 1.45 bits per heavy atom. The Kier molecular flexibility index (Phi) is 3.05. The SMILES string of the molecule is NC(N)=N/[NH+]=C/c1c2ccccc2cc2ccccc12. The predicted molar refractivity (Wildman–Crippen MR) is 83.4 cm³/mol. The van der Waals surface area contributed by atoms with E-state index < -0.39 is 0 Å². The Bertz CT molecular complexity index is 776. The molecule has 0 aliphatic carbocycles. The molecule has 0 aliphatic rings. The van der Waals surface area contributed by atoms with Gasteiger partial charge in [0.1, 0.15) is 0 Å². The van der Waals surface area contributed by atoms with Gasteiger partial charge in [0.2, 0.25) is 6.21 Å². The molecule has 0 saturated carbocycles. The number of guanidine groups is 1. The van der Waals surface area contributed by atoms with E-state index in [1.54, 1.807) is 0 Å². The van der Waals surface area contributed by atoms with Gasteiger partial charge < -0.3 is 11.5 Å². The fourth-order valence-corrected chi connectivity index (χ4v) is 2.38. The number of nitrogens with zero attached hydrogens (tertiary/aromatic N) is 1. The summed E-state index contributed by atoms with van der Waals surface area (Å²) in [5.74, 6) is 0.00536. The van der Waals surface area contributed by atoms with Crippen molar-refractivity contribution in [2.24, 2.45) is 16.6 Å². The Morgan fingerprint density at radius 3 is 2.00 bits per heavy atom. The first-order valence-electron chi connectivity index (χ1n) is 6.33. The molecule has 5 N–H and O–H groups in total. The zero-order chi connectivity index (χ0) is 13.9. The van der Waals surface area contributed by atoms with Crippen molar-refractivity contribution in [3.8, 4) is 0 Å². The molecule has 0 bridgehead atoms. The van der Waals surface area contributed by atoms with Crippen molar-refractivity contribution in [2.75, 3.05) is 0 Å². The largest absolute Gasteiger partial charge is 0.365 e. The van der Waals surface area contributed by atoms with Gasteiger partial charge in [0.15, 0.2) is 0 Å². The monoisotopic (exact) mass is 263 g/mol. The number of benzene rings is 3. The quantitative estimate of drug-likeness (QED) is 0.275. The second kappa shape index (κ2) is 5.01. The zero-order valence-electron chi connectivity index (χ0n) is 10.9. The molecule has 4 nitrogen and oxygen atoms in total. The van der Waals surface area contributed by atoms with Crippen LogP contribution in [0.2, 0.25) is 0 Å². The maximum Gasteiger partial charge on any atom is 0.256 e. The van der Waals surface area contributed by atoms with Crippen LogP contribution in [0.1, 0.15) is 5.56 Å². The number of hydrogen-bond acceptors (Lipinski definition) is 1. The highest BCUT2D eigenvalue weighted by Crippen LogP contribution is 2.26. The molecule has 0 radical (unpaired) electrons. The molecular formula is C16H15N4+. The summed E-state index contributed by atoms with van der Waals surface area (Å²) in [6.07, 6.45) is 1.82. The van der Waals surface area contributed by atoms with Crippen LogP contribution in [-0.4, -0.2) is 12.2 Å². The van der Waals surface area contributed by atoms with Crippen molar-refractivity contribution < 1.29 is 5.10 Å². The van der Waals surface area contributed by atoms with Crippen LogP contribution in [0.25, 0.3) is 21.5 Å². The summed E-state index contributed by atoms with van der Waals surface area (Å²) < 4.78 is 0. The van der Waals surface area contributed by atoms with Crippen LogP contribution in [0, 0.1) is 0 Å². The number of nitrogens with one attached hydrogen (secondary N) is 1. The van der Waals surface area contributed by atoms with Gasteiger partial charge in [-0.1, -0.05) is 48.5 Å². The number of nitrogens with two attached hydrogens (primary N) is 2. The summed E-state index contributed by atoms with van der Waals surface area (Å²) in [4.78, 5) is 0. The van der Waals surface area contributed by atoms with Crippen molar-refractivity contribution in [3.63, 3.8) is 0 Å². The van der Waals surface area contributed by atoms with E-state index in [0.29, 0.717) is 0 Å². The second-order valence-electron chi connectivity index (χ2n) is 4.54. The zero-order valence-corrected chi connectivity index (χ0v) is 10.9. The van der Waals surface area contributed by atoms with Crippen molar-refractivity contribution in [1.82, 2.24) is 0 Å². The molecule has 0 aromatic heterocycles. The molecule has 98 valence electrons. The van der Waals surface area contributed by atoms with Crippen LogP contribution < -0.4 is 16.6 Å². The standard InChI is InChI=1S/C16H14N4/c17-16(18)20-19-10-15-13-7-3-1-5-11(13)9-12-6-2-4-8-14(12)15/h1-10H,(H4,17,18,20)/p+1/b19-10+. The molecule has 3 aromatic rings. The summed E-state index contributed by atoms with van der Waals surface area (Å²) in [6, 6.07) is 18.7. The number of hydrogen-bond donors (Lipinski definition) is 3. The molecule has 0 unspecified atom stereocenters. The van der Waals surface area contributed by atoms with Gasteiger partial charge in [-0.25, -0.2) is 0 Å². The fraction of sp³-hybridized carbons (Fsp3) is 0. The lowest BCUT2D eigenvalue weighted by Crippen LogP contribution is -2.63. The molecular weight excluding hydrogens is 248 g/mol. The highest BCUT2D eigenvalue weighted by atomic mass is 15.3. The number of fused-ring (bicyclic) bond motifs is 2. The number of hydrazone groups is 1. The van der Waals surface area contributed by atoms with E-state index in [2.05, 4.69) is 40.5 Å². The Morgan fingerprint density at radius 1 is 0.900 bits per heavy atom. The first-order valence-corrected chi connectivity index (χ1v) is 6.33. The van der Waals surface area contributed by atoms with Gasteiger partial charge in [-0.05, 0) is 27.6 Å². The van der Waals surface area contributed by atoms with Crippen molar-refractivity contribution in [1.29, 1.82) is 0 Å². The third kappa shape index (κ3) is 2.19. The van der Waals surface area contributed by atoms with E-state index in [0.717, 1.165) is 16.3 Å².